The van der Waals surface area contributed by atoms with Crippen LogP contribution < -0.4 is 5.32 Å². The molecular weight excluding hydrogens is 360 g/mol. The molecule has 3 aromatic carbocycles. The fraction of sp³-hybridized carbons (Fsp3) is 0.200. The van der Waals surface area contributed by atoms with Crippen LogP contribution >= 0.6 is 0 Å². The second kappa shape index (κ2) is 7.21. The monoisotopic (exact) mass is 384 g/mol. The summed E-state index contributed by atoms with van der Waals surface area (Å²) >= 11 is 0. The van der Waals surface area contributed by atoms with E-state index in [2.05, 4.69) is 43.2 Å². The van der Waals surface area contributed by atoms with Crippen LogP contribution in [0.4, 0.5) is 5.69 Å². The Hall–Kier alpha value is -3.40. The standard InChI is InChI=1S/C25H24N2O2/c1-16-7-5-6-8-20(16)23(28)26-19-12-9-17(10-13-19)24-27-21-15-18(25(2,3)4)11-14-22(21)29-24/h5-15H,1-4H3,(H,26,28). The van der Waals surface area contributed by atoms with Crippen LogP contribution in [0.25, 0.3) is 22.6 Å². The van der Waals surface area contributed by atoms with Gasteiger partial charge in [-0.05, 0) is 65.9 Å². The summed E-state index contributed by atoms with van der Waals surface area (Å²) in [6.07, 6.45) is 0. The van der Waals surface area contributed by atoms with Crippen molar-refractivity contribution in [3.63, 3.8) is 0 Å². The van der Waals surface area contributed by atoms with Crippen molar-refractivity contribution in [2.24, 2.45) is 0 Å². The fourth-order valence-electron chi connectivity index (χ4n) is 3.24. The number of fused-ring (bicyclic) bond motifs is 1. The van der Waals surface area contributed by atoms with Gasteiger partial charge >= 0.3 is 0 Å². The van der Waals surface area contributed by atoms with Gasteiger partial charge in [-0.1, -0.05) is 45.0 Å². The molecule has 0 saturated heterocycles. The molecule has 4 rings (SSSR count). The summed E-state index contributed by atoms with van der Waals surface area (Å²) in [6.45, 7) is 8.47. The molecule has 4 heteroatoms. The van der Waals surface area contributed by atoms with Crippen molar-refractivity contribution < 1.29 is 9.21 Å². The maximum atomic E-state index is 12.5. The Balaban J connectivity index is 1.56. The first-order valence-electron chi connectivity index (χ1n) is 9.70. The van der Waals surface area contributed by atoms with Crippen LogP contribution in [0.15, 0.2) is 71.1 Å². The zero-order valence-electron chi connectivity index (χ0n) is 17.1. The first kappa shape index (κ1) is 18.9. The molecule has 1 N–H and O–H groups in total. The second-order valence-electron chi connectivity index (χ2n) is 8.30. The van der Waals surface area contributed by atoms with Crippen molar-refractivity contribution in [3.8, 4) is 11.5 Å². The lowest BCUT2D eigenvalue weighted by molar-refractivity contribution is 0.102. The number of benzene rings is 3. The third kappa shape index (κ3) is 3.92. The number of nitrogens with zero attached hydrogens (tertiary/aromatic N) is 1. The number of nitrogens with one attached hydrogen (secondary N) is 1. The Bertz CT molecular complexity index is 1180. The molecule has 0 bridgehead atoms. The highest BCUT2D eigenvalue weighted by Gasteiger charge is 2.16. The SMILES string of the molecule is Cc1ccccc1C(=O)Nc1ccc(-c2nc3cc(C(C)(C)C)ccc3o2)cc1. The van der Waals surface area contributed by atoms with E-state index in [0.29, 0.717) is 11.5 Å². The highest BCUT2D eigenvalue weighted by molar-refractivity contribution is 6.05. The minimum absolute atomic E-state index is 0.0598. The normalized spacial score (nSPS) is 11.6. The highest BCUT2D eigenvalue weighted by Crippen LogP contribution is 2.29. The van der Waals surface area contributed by atoms with Crippen LogP contribution in [0.3, 0.4) is 0 Å². The summed E-state index contributed by atoms with van der Waals surface area (Å²) in [7, 11) is 0. The predicted molar refractivity (Wildman–Crippen MR) is 117 cm³/mol. The summed E-state index contributed by atoms with van der Waals surface area (Å²) in [6, 6.07) is 21.2. The van der Waals surface area contributed by atoms with Gasteiger partial charge in [0.05, 0.1) is 0 Å². The lowest BCUT2D eigenvalue weighted by Crippen LogP contribution is -2.13. The summed E-state index contributed by atoms with van der Waals surface area (Å²) in [4.78, 5) is 17.1. The van der Waals surface area contributed by atoms with Gasteiger partial charge in [0, 0.05) is 16.8 Å². The predicted octanol–water partition coefficient (Wildman–Crippen LogP) is 6.35. The van der Waals surface area contributed by atoms with E-state index in [1.807, 2.05) is 61.5 Å². The molecule has 0 aliphatic rings. The number of carbonyl (C=O) groups is 1. The number of aromatic nitrogens is 1. The van der Waals surface area contributed by atoms with Crippen LogP contribution in [-0.4, -0.2) is 10.9 Å². The quantitative estimate of drug-likeness (QED) is 0.447. The number of amides is 1. The lowest BCUT2D eigenvalue weighted by Gasteiger charge is -2.18. The molecular formula is C25H24N2O2. The first-order valence-corrected chi connectivity index (χ1v) is 9.70. The van der Waals surface area contributed by atoms with E-state index >= 15 is 0 Å². The van der Waals surface area contributed by atoms with Gasteiger partial charge in [-0.15, -0.1) is 0 Å². The Morgan fingerprint density at radius 1 is 0.966 bits per heavy atom. The van der Waals surface area contributed by atoms with Crippen molar-refractivity contribution in [2.45, 2.75) is 33.1 Å². The second-order valence-corrected chi connectivity index (χ2v) is 8.30. The summed E-state index contributed by atoms with van der Waals surface area (Å²) in [5.41, 5.74) is 6.12. The molecule has 1 amide bonds. The molecule has 146 valence electrons. The van der Waals surface area contributed by atoms with E-state index < -0.39 is 0 Å². The minimum atomic E-state index is -0.118. The molecule has 0 atom stereocenters. The average molecular weight is 384 g/mol. The number of hydrogen-bond donors (Lipinski definition) is 1. The number of rotatable bonds is 3. The first-order chi connectivity index (χ1) is 13.8. The van der Waals surface area contributed by atoms with Crippen LogP contribution in [0.2, 0.25) is 0 Å². The van der Waals surface area contributed by atoms with Gasteiger partial charge in [0.25, 0.3) is 5.91 Å². The molecule has 1 aromatic heterocycles. The van der Waals surface area contributed by atoms with Crippen molar-refractivity contribution in [1.29, 1.82) is 0 Å². The van der Waals surface area contributed by atoms with Crippen molar-refractivity contribution >= 4 is 22.7 Å². The largest absolute Gasteiger partial charge is 0.436 e. The van der Waals surface area contributed by atoms with Gasteiger partial charge in [0.2, 0.25) is 5.89 Å². The maximum absolute atomic E-state index is 12.5. The summed E-state index contributed by atoms with van der Waals surface area (Å²) in [5, 5.41) is 2.94. The van der Waals surface area contributed by atoms with E-state index in [4.69, 9.17) is 4.42 Å². The molecule has 0 aliphatic heterocycles. The van der Waals surface area contributed by atoms with Gasteiger partial charge in [0.1, 0.15) is 5.52 Å². The lowest BCUT2D eigenvalue weighted by atomic mass is 9.87. The third-order valence-electron chi connectivity index (χ3n) is 5.03. The Kier molecular flexibility index (Phi) is 4.71. The number of anilines is 1. The molecule has 0 spiro atoms. The van der Waals surface area contributed by atoms with E-state index in [0.717, 1.165) is 27.9 Å². The van der Waals surface area contributed by atoms with E-state index in [-0.39, 0.29) is 11.3 Å². The number of oxazole rings is 1. The molecule has 29 heavy (non-hydrogen) atoms. The Morgan fingerprint density at radius 3 is 2.38 bits per heavy atom. The van der Waals surface area contributed by atoms with Crippen LogP contribution in [-0.2, 0) is 5.41 Å². The summed E-state index contributed by atoms with van der Waals surface area (Å²) < 4.78 is 5.93. The Labute approximate surface area is 170 Å². The molecule has 4 nitrogen and oxygen atoms in total. The molecule has 0 aliphatic carbocycles. The molecule has 0 saturated carbocycles. The fourth-order valence-corrected chi connectivity index (χ4v) is 3.24. The molecule has 4 aromatic rings. The average Bonchev–Trinajstić information content (AvgIpc) is 3.11. The van der Waals surface area contributed by atoms with E-state index in [1.165, 1.54) is 5.56 Å². The highest BCUT2D eigenvalue weighted by atomic mass is 16.3. The van der Waals surface area contributed by atoms with Crippen LogP contribution in [0.1, 0.15) is 42.3 Å². The van der Waals surface area contributed by atoms with Gasteiger partial charge in [-0.25, -0.2) is 4.98 Å². The van der Waals surface area contributed by atoms with Crippen LogP contribution in [0, 0.1) is 6.92 Å². The van der Waals surface area contributed by atoms with Gasteiger partial charge in [0.15, 0.2) is 5.58 Å². The summed E-state index contributed by atoms with van der Waals surface area (Å²) in [5.74, 6) is 0.454. The van der Waals surface area contributed by atoms with E-state index in [1.54, 1.807) is 0 Å². The molecule has 1 heterocycles. The molecule has 0 unspecified atom stereocenters. The zero-order valence-corrected chi connectivity index (χ0v) is 17.1. The van der Waals surface area contributed by atoms with Crippen molar-refractivity contribution in [2.75, 3.05) is 5.32 Å². The Morgan fingerprint density at radius 2 is 1.69 bits per heavy atom. The number of aryl methyl sites for hydroxylation is 1. The smallest absolute Gasteiger partial charge is 0.255 e. The molecule has 0 fully saturated rings. The van der Waals surface area contributed by atoms with Crippen LogP contribution in [0.5, 0.6) is 0 Å². The topological polar surface area (TPSA) is 55.1 Å². The van der Waals surface area contributed by atoms with Gasteiger partial charge in [-0.2, -0.15) is 0 Å². The van der Waals surface area contributed by atoms with Gasteiger partial charge in [-0.3, -0.25) is 4.79 Å². The van der Waals surface area contributed by atoms with Gasteiger partial charge < -0.3 is 9.73 Å². The maximum Gasteiger partial charge on any atom is 0.255 e. The van der Waals surface area contributed by atoms with Crippen molar-refractivity contribution in [1.82, 2.24) is 4.98 Å². The third-order valence-corrected chi connectivity index (χ3v) is 5.03. The number of carbonyl (C=O) groups excluding carboxylic acids is 1. The molecule has 0 radical (unpaired) electrons. The van der Waals surface area contributed by atoms with Crippen molar-refractivity contribution in [3.05, 3.63) is 83.4 Å². The minimum Gasteiger partial charge on any atom is -0.436 e. The van der Waals surface area contributed by atoms with E-state index in [9.17, 15) is 4.79 Å². The number of hydrogen-bond acceptors (Lipinski definition) is 3. The zero-order chi connectivity index (χ0) is 20.6.